The summed E-state index contributed by atoms with van der Waals surface area (Å²) in [5.41, 5.74) is 7.75. The van der Waals surface area contributed by atoms with Crippen LogP contribution >= 0.6 is 0 Å². The van der Waals surface area contributed by atoms with Crippen LogP contribution in [0, 0.1) is 16.9 Å². The number of nitrogens with zero attached hydrogens (tertiary/aromatic N) is 1. The lowest BCUT2D eigenvalue weighted by Gasteiger charge is -2.42. The Morgan fingerprint density at radius 2 is 1.61 bits per heavy atom. The fraction of sp³-hybridized carbons (Fsp3) is 0.500. The molecule has 3 heteroatoms. The summed E-state index contributed by atoms with van der Waals surface area (Å²) in [6.45, 7) is 14.0. The van der Waals surface area contributed by atoms with Crippen LogP contribution in [0.25, 0.3) is 0 Å². The van der Waals surface area contributed by atoms with E-state index in [9.17, 15) is 0 Å². The van der Waals surface area contributed by atoms with Gasteiger partial charge in [-0.3, -0.25) is 4.90 Å². The Morgan fingerprint density at radius 1 is 0.935 bits per heavy atom. The Labute approximate surface area is 191 Å². The summed E-state index contributed by atoms with van der Waals surface area (Å²) in [5.74, 6) is 3.36. The quantitative estimate of drug-likeness (QED) is 0.365. The largest absolute Gasteiger partial charge is 0.381 e. The smallest absolute Gasteiger partial charge is 0.129 e. The predicted octanol–water partition coefficient (Wildman–Crippen LogP) is 6.17. The summed E-state index contributed by atoms with van der Waals surface area (Å²) in [4.78, 5) is 2.61. The van der Waals surface area contributed by atoms with E-state index in [1.807, 2.05) is 0 Å². The molecule has 2 aromatic rings. The van der Waals surface area contributed by atoms with E-state index in [0.717, 1.165) is 44.8 Å². The molecule has 3 rings (SSSR count). The van der Waals surface area contributed by atoms with Gasteiger partial charge in [-0.2, -0.15) is 0 Å². The SMILES string of the molecule is CCOCC1(CCc2ccccc2)CCN(Cc2ccc(C#C[Si](C)(C)C)cc2)CC1. The van der Waals surface area contributed by atoms with Crippen LogP contribution < -0.4 is 0 Å². The van der Waals surface area contributed by atoms with Crippen molar-refractivity contribution in [3.8, 4) is 11.5 Å². The molecule has 1 saturated heterocycles. The minimum absolute atomic E-state index is 0.318. The van der Waals surface area contributed by atoms with Crippen molar-refractivity contribution in [3.63, 3.8) is 0 Å². The second-order valence-corrected chi connectivity index (χ2v) is 14.8. The molecule has 0 unspecified atom stereocenters. The van der Waals surface area contributed by atoms with E-state index in [2.05, 4.69) is 97.5 Å². The monoisotopic (exact) mass is 433 g/mol. The van der Waals surface area contributed by atoms with Crippen LogP contribution in [-0.4, -0.2) is 39.3 Å². The Morgan fingerprint density at radius 3 is 2.23 bits per heavy atom. The van der Waals surface area contributed by atoms with Crippen molar-refractivity contribution >= 4 is 8.07 Å². The summed E-state index contributed by atoms with van der Waals surface area (Å²) in [6, 6.07) is 19.8. The van der Waals surface area contributed by atoms with Crippen molar-refractivity contribution in [2.75, 3.05) is 26.3 Å². The van der Waals surface area contributed by atoms with Crippen LogP contribution in [0.1, 0.15) is 42.9 Å². The van der Waals surface area contributed by atoms with Gasteiger partial charge < -0.3 is 4.74 Å². The highest BCUT2D eigenvalue weighted by molar-refractivity contribution is 6.83. The standard InChI is InChI=1S/C28H39NOSi/c1-5-30-24-28(17-15-25-9-7-6-8-10-25)18-20-29(21-19-28)23-27-13-11-26(12-14-27)16-22-31(2,3)4/h6-14H,5,15,17-21,23-24H2,1-4H3. The van der Waals surface area contributed by atoms with Gasteiger partial charge in [-0.25, -0.2) is 0 Å². The fourth-order valence-electron chi connectivity index (χ4n) is 4.24. The Balaban J connectivity index is 1.55. The average Bonchev–Trinajstić information content (AvgIpc) is 2.77. The van der Waals surface area contributed by atoms with Crippen molar-refractivity contribution in [2.24, 2.45) is 5.41 Å². The molecule has 0 spiro atoms. The third kappa shape index (κ3) is 7.96. The molecule has 1 aliphatic heterocycles. The molecule has 0 amide bonds. The highest BCUT2D eigenvalue weighted by Crippen LogP contribution is 2.37. The van der Waals surface area contributed by atoms with Crippen LogP contribution in [0.15, 0.2) is 54.6 Å². The molecule has 2 aromatic carbocycles. The van der Waals surface area contributed by atoms with E-state index in [4.69, 9.17) is 4.74 Å². The molecule has 0 radical (unpaired) electrons. The molecule has 1 heterocycles. The maximum absolute atomic E-state index is 5.95. The van der Waals surface area contributed by atoms with Crippen LogP contribution in [0.2, 0.25) is 19.6 Å². The molecule has 2 nitrogen and oxygen atoms in total. The third-order valence-electron chi connectivity index (χ3n) is 6.26. The number of piperidine rings is 1. The normalized spacial score (nSPS) is 16.5. The van der Waals surface area contributed by atoms with E-state index < -0.39 is 8.07 Å². The van der Waals surface area contributed by atoms with Gasteiger partial charge in [0.2, 0.25) is 0 Å². The van der Waals surface area contributed by atoms with Crippen LogP contribution in [0.4, 0.5) is 0 Å². The van der Waals surface area contributed by atoms with Crippen molar-refractivity contribution in [1.29, 1.82) is 0 Å². The molecule has 0 N–H and O–H groups in total. The zero-order valence-electron chi connectivity index (χ0n) is 19.9. The first-order valence-electron chi connectivity index (χ1n) is 11.8. The molecule has 1 fully saturated rings. The van der Waals surface area contributed by atoms with Crippen molar-refractivity contribution in [2.45, 2.75) is 58.8 Å². The first-order valence-corrected chi connectivity index (χ1v) is 15.3. The van der Waals surface area contributed by atoms with Gasteiger partial charge >= 0.3 is 0 Å². The van der Waals surface area contributed by atoms with E-state index in [1.165, 1.54) is 30.4 Å². The lowest BCUT2D eigenvalue weighted by molar-refractivity contribution is -0.00232. The zero-order chi connectivity index (χ0) is 22.2. The summed E-state index contributed by atoms with van der Waals surface area (Å²) in [5, 5.41) is 0. The molecule has 31 heavy (non-hydrogen) atoms. The number of hydrogen-bond acceptors (Lipinski definition) is 2. The van der Waals surface area contributed by atoms with Crippen LogP contribution in [-0.2, 0) is 17.7 Å². The predicted molar refractivity (Wildman–Crippen MR) is 135 cm³/mol. The fourth-order valence-corrected chi connectivity index (χ4v) is 4.76. The second-order valence-electron chi connectivity index (χ2n) is 10.1. The van der Waals surface area contributed by atoms with Crippen LogP contribution in [0.5, 0.6) is 0 Å². The molecule has 1 aliphatic rings. The maximum Gasteiger partial charge on any atom is 0.129 e. The Kier molecular flexibility index (Phi) is 8.55. The average molecular weight is 434 g/mol. The van der Waals surface area contributed by atoms with E-state index in [-0.39, 0.29) is 0 Å². The number of ether oxygens (including phenoxy) is 1. The molecule has 0 aliphatic carbocycles. The first-order chi connectivity index (χ1) is 14.9. The van der Waals surface area contributed by atoms with Gasteiger partial charge in [0.15, 0.2) is 0 Å². The van der Waals surface area contributed by atoms with Gasteiger partial charge in [-0.15, -0.1) is 5.54 Å². The van der Waals surface area contributed by atoms with Gasteiger partial charge in [-0.1, -0.05) is 68.0 Å². The molecule has 0 bridgehead atoms. The molecular weight excluding hydrogens is 394 g/mol. The van der Waals surface area contributed by atoms with E-state index >= 15 is 0 Å². The molecule has 0 aromatic heterocycles. The molecule has 0 saturated carbocycles. The molecule has 0 atom stereocenters. The topological polar surface area (TPSA) is 12.5 Å². The summed E-state index contributed by atoms with van der Waals surface area (Å²) >= 11 is 0. The van der Waals surface area contributed by atoms with Crippen molar-refractivity contribution in [1.82, 2.24) is 4.90 Å². The number of likely N-dealkylation sites (tertiary alicyclic amines) is 1. The Hall–Kier alpha value is -1.86. The lowest BCUT2D eigenvalue weighted by Crippen LogP contribution is -2.42. The van der Waals surface area contributed by atoms with E-state index in [1.54, 1.807) is 0 Å². The summed E-state index contributed by atoms with van der Waals surface area (Å²) in [7, 11) is -1.32. The first kappa shape index (κ1) is 23.8. The molecule has 166 valence electrons. The van der Waals surface area contributed by atoms with E-state index in [0.29, 0.717) is 5.41 Å². The van der Waals surface area contributed by atoms with Gasteiger partial charge in [0, 0.05) is 18.7 Å². The Bertz CT molecular complexity index is 850. The van der Waals surface area contributed by atoms with Crippen LogP contribution in [0.3, 0.4) is 0 Å². The maximum atomic E-state index is 5.95. The van der Waals surface area contributed by atoms with Gasteiger partial charge in [-0.05, 0) is 74.4 Å². The van der Waals surface area contributed by atoms with Crippen molar-refractivity contribution in [3.05, 3.63) is 71.3 Å². The van der Waals surface area contributed by atoms with Gasteiger partial charge in [0.1, 0.15) is 8.07 Å². The van der Waals surface area contributed by atoms with Crippen molar-refractivity contribution < 1.29 is 4.74 Å². The minimum atomic E-state index is -1.32. The summed E-state index contributed by atoms with van der Waals surface area (Å²) < 4.78 is 5.95. The summed E-state index contributed by atoms with van der Waals surface area (Å²) in [6.07, 6.45) is 4.81. The number of aryl methyl sites for hydroxylation is 1. The second kappa shape index (κ2) is 11.1. The number of rotatable bonds is 8. The molecular formula is C28H39NOSi. The number of benzene rings is 2. The van der Waals surface area contributed by atoms with Gasteiger partial charge in [0.25, 0.3) is 0 Å². The van der Waals surface area contributed by atoms with Gasteiger partial charge in [0.05, 0.1) is 6.61 Å². The number of hydrogen-bond donors (Lipinski definition) is 0. The zero-order valence-corrected chi connectivity index (χ0v) is 20.9. The third-order valence-corrected chi connectivity index (χ3v) is 7.13. The highest BCUT2D eigenvalue weighted by Gasteiger charge is 2.34. The lowest BCUT2D eigenvalue weighted by atomic mass is 9.74. The highest BCUT2D eigenvalue weighted by atomic mass is 28.3. The minimum Gasteiger partial charge on any atom is -0.381 e.